The summed E-state index contributed by atoms with van der Waals surface area (Å²) in [5.41, 5.74) is 1.32. The van der Waals surface area contributed by atoms with E-state index in [9.17, 15) is 0 Å². The van der Waals surface area contributed by atoms with Gasteiger partial charge in [-0.1, -0.05) is 0 Å². The van der Waals surface area contributed by atoms with Gasteiger partial charge in [0.05, 0.1) is 5.56 Å². The number of rotatable bonds is 0. The van der Waals surface area contributed by atoms with Gasteiger partial charge in [0, 0.05) is 12.3 Å². The summed E-state index contributed by atoms with van der Waals surface area (Å²) in [7, 11) is 0. The molecule has 0 saturated carbocycles. The van der Waals surface area contributed by atoms with Crippen LogP contribution in [0.4, 0.5) is 0 Å². The molecule has 1 aliphatic rings. The molecule has 2 rings (SSSR count). The summed E-state index contributed by atoms with van der Waals surface area (Å²) in [6.45, 7) is 0.559. The lowest BCUT2D eigenvalue weighted by atomic mass is 10.2. The van der Waals surface area contributed by atoms with Crippen molar-refractivity contribution in [2.75, 3.05) is 6.61 Å². The average molecular weight is 158 g/mol. The number of pyridine rings is 1. The third kappa shape index (κ3) is 1.04. The molecule has 0 amide bonds. The molecule has 0 spiro atoms. The van der Waals surface area contributed by atoms with Crippen LogP contribution in [0.3, 0.4) is 0 Å². The smallest absolute Gasteiger partial charge is 0.146 e. The van der Waals surface area contributed by atoms with E-state index in [1.165, 1.54) is 6.20 Å². The van der Waals surface area contributed by atoms with Crippen LogP contribution in [-0.4, -0.2) is 11.6 Å². The largest absolute Gasteiger partial charge is 0.487 e. The molecule has 2 heterocycles. The molecule has 0 N–H and O–H groups in total. The summed E-state index contributed by atoms with van der Waals surface area (Å²) >= 11 is 0. The number of fused-ring (bicyclic) bond motifs is 1. The second kappa shape index (κ2) is 2.67. The Morgan fingerprint density at radius 2 is 2.50 bits per heavy atom. The summed E-state index contributed by atoms with van der Waals surface area (Å²) in [6, 6.07) is 3.71. The van der Waals surface area contributed by atoms with Crippen LogP contribution in [0.25, 0.3) is 6.08 Å². The Hall–Kier alpha value is -1.82. The van der Waals surface area contributed by atoms with Gasteiger partial charge in [-0.2, -0.15) is 5.26 Å². The highest BCUT2D eigenvalue weighted by molar-refractivity contribution is 5.56. The number of nitrogens with zero attached hydrogens (tertiary/aromatic N) is 2. The molecular formula is C9H6N2O. The van der Waals surface area contributed by atoms with Crippen molar-refractivity contribution in [3.8, 4) is 11.8 Å². The molecule has 0 aromatic carbocycles. The van der Waals surface area contributed by atoms with E-state index in [1.54, 1.807) is 6.07 Å². The Balaban J connectivity index is 2.53. The van der Waals surface area contributed by atoms with Gasteiger partial charge in [0.15, 0.2) is 0 Å². The summed E-state index contributed by atoms with van der Waals surface area (Å²) in [6.07, 6.45) is 5.32. The first-order valence-electron chi connectivity index (χ1n) is 3.59. The van der Waals surface area contributed by atoms with Gasteiger partial charge in [0.25, 0.3) is 0 Å². The lowest BCUT2D eigenvalue weighted by Gasteiger charge is -2.10. The zero-order valence-electron chi connectivity index (χ0n) is 6.32. The fourth-order valence-electron chi connectivity index (χ4n) is 1.05. The molecule has 0 saturated heterocycles. The van der Waals surface area contributed by atoms with Crippen LogP contribution in [0.5, 0.6) is 5.75 Å². The highest BCUT2D eigenvalue weighted by Crippen LogP contribution is 2.21. The van der Waals surface area contributed by atoms with Gasteiger partial charge in [0.1, 0.15) is 24.1 Å². The molecular weight excluding hydrogens is 152 g/mol. The van der Waals surface area contributed by atoms with Crippen molar-refractivity contribution in [3.05, 3.63) is 29.6 Å². The molecule has 58 valence electrons. The number of aromatic nitrogens is 1. The van der Waals surface area contributed by atoms with Gasteiger partial charge in [-0.15, -0.1) is 0 Å². The number of hydrogen-bond donors (Lipinski definition) is 0. The fourth-order valence-corrected chi connectivity index (χ4v) is 1.05. The molecule has 0 bridgehead atoms. The van der Waals surface area contributed by atoms with Crippen molar-refractivity contribution in [2.45, 2.75) is 0 Å². The Labute approximate surface area is 69.9 Å². The van der Waals surface area contributed by atoms with Gasteiger partial charge in [-0.25, -0.2) is 0 Å². The Kier molecular flexibility index (Phi) is 1.52. The predicted octanol–water partition coefficient (Wildman–Crippen LogP) is 1.36. The minimum Gasteiger partial charge on any atom is -0.487 e. The first-order chi connectivity index (χ1) is 5.90. The van der Waals surface area contributed by atoms with Crippen molar-refractivity contribution in [3.63, 3.8) is 0 Å². The van der Waals surface area contributed by atoms with Crippen LogP contribution in [0.2, 0.25) is 0 Å². The molecule has 12 heavy (non-hydrogen) atoms. The van der Waals surface area contributed by atoms with Gasteiger partial charge >= 0.3 is 0 Å². The summed E-state index contributed by atoms with van der Waals surface area (Å²) in [5.74, 6) is 0.691. The summed E-state index contributed by atoms with van der Waals surface area (Å²) in [5, 5.41) is 8.58. The maximum absolute atomic E-state index is 8.58. The van der Waals surface area contributed by atoms with E-state index in [2.05, 4.69) is 4.98 Å². The molecule has 0 radical (unpaired) electrons. The van der Waals surface area contributed by atoms with Gasteiger partial charge in [-0.3, -0.25) is 4.98 Å². The van der Waals surface area contributed by atoms with Crippen LogP contribution in [0, 0.1) is 11.3 Å². The van der Waals surface area contributed by atoms with Crippen molar-refractivity contribution < 1.29 is 4.74 Å². The highest BCUT2D eigenvalue weighted by atomic mass is 16.5. The minimum atomic E-state index is 0.532. The van der Waals surface area contributed by atoms with Crippen molar-refractivity contribution in [1.29, 1.82) is 5.26 Å². The maximum atomic E-state index is 8.58. The SMILES string of the molecule is N#Cc1cnc2c(c1)OCC=C2. The topological polar surface area (TPSA) is 45.9 Å². The Morgan fingerprint density at radius 3 is 3.33 bits per heavy atom. The lowest BCUT2D eigenvalue weighted by Crippen LogP contribution is -2.01. The van der Waals surface area contributed by atoms with E-state index in [-0.39, 0.29) is 0 Å². The number of nitriles is 1. The highest BCUT2D eigenvalue weighted by Gasteiger charge is 2.06. The molecule has 0 atom stereocenters. The van der Waals surface area contributed by atoms with Crippen molar-refractivity contribution in [2.24, 2.45) is 0 Å². The monoisotopic (exact) mass is 158 g/mol. The van der Waals surface area contributed by atoms with Crippen molar-refractivity contribution >= 4 is 6.08 Å². The van der Waals surface area contributed by atoms with Gasteiger partial charge in [-0.05, 0) is 12.2 Å². The van der Waals surface area contributed by atoms with E-state index in [1.807, 2.05) is 18.2 Å². The third-order valence-corrected chi connectivity index (χ3v) is 1.62. The molecule has 1 aromatic rings. The van der Waals surface area contributed by atoms with E-state index in [0.29, 0.717) is 17.9 Å². The fraction of sp³-hybridized carbons (Fsp3) is 0.111. The van der Waals surface area contributed by atoms with Crippen LogP contribution in [0.1, 0.15) is 11.3 Å². The first kappa shape index (κ1) is 6.86. The maximum Gasteiger partial charge on any atom is 0.146 e. The van der Waals surface area contributed by atoms with Crippen LogP contribution < -0.4 is 4.74 Å². The summed E-state index contributed by atoms with van der Waals surface area (Å²) in [4.78, 5) is 4.06. The molecule has 0 fully saturated rings. The van der Waals surface area contributed by atoms with Crippen LogP contribution >= 0.6 is 0 Å². The van der Waals surface area contributed by atoms with Crippen molar-refractivity contribution in [1.82, 2.24) is 4.98 Å². The predicted molar refractivity (Wildman–Crippen MR) is 43.5 cm³/mol. The molecule has 1 aliphatic heterocycles. The lowest BCUT2D eigenvalue weighted by molar-refractivity contribution is 0.356. The quantitative estimate of drug-likeness (QED) is 0.572. The summed E-state index contributed by atoms with van der Waals surface area (Å²) < 4.78 is 5.27. The normalized spacial score (nSPS) is 12.9. The number of hydrogen-bond acceptors (Lipinski definition) is 3. The average Bonchev–Trinajstić information content (AvgIpc) is 2.17. The molecule has 3 nitrogen and oxygen atoms in total. The molecule has 0 unspecified atom stereocenters. The standard InChI is InChI=1S/C9H6N2O/c10-5-7-4-9-8(11-6-7)2-1-3-12-9/h1-2,4,6H,3H2. The van der Waals surface area contributed by atoms with E-state index in [4.69, 9.17) is 10.00 Å². The van der Waals surface area contributed by atoms with Gasteiger partial charge in [0.2, 0.25) is 0 Å². The Morgan fingerprint density at radius 1 is 1.58 bits per heavy atom. The second-order valence-electron chi connectivity index (χ2n) is 2.43. The van der Waals surface area contributed by atoms with E-state index >= 15 is 0 Å². The zero-order valence-corrected chi connectivity index (χ0v) is 6.32. The van der Waals surface area contributed by atoms with E-state index < -0.39 is 0 Å². The zero-order chi connectivity index (χ0) is 8.39. The van der Waals surface area contributed by atoms with Gasteiger partial charge < -0.3 is 4.74 Å². The number of ether oxygens (including phenoxy) is 1. The van der Waals surface area contributed by atoms with Crippen LogP contribution in [0.15, 0.2) is 18.3 Å². The minimum absolute atomic E-state index is 0.532. The molecule has 1 aromatic heterocycles. The third-order valence-electron chi connectivity index (χ3n) is 1.62. The van der Waals surface area contributed by atoms with Crippen LogP contribution in [-0.2, 0) is 0 Å². The first-order valence-corrected chi connectivity index (χ1v) is 3.59. The Bertz CT molecular complexity index is 377. The van der Waals surface area contributed by atoms with E-state index in [0.717, 1.165) is 5.69 Å². The molecule has 3 heteroatoms. The second-order valence-corrected chi connectivity index (χ2v) is 2.43. The molecule has 0 aliphatic carbocycles.